The smallest absolute Gasteiger partial charge is 0.460 e. The zero-order valence-electron chi connectivity index (χ0n) is 16.0. The van der Waals surface area contributed by atoms with Crippen molar-refractivity contribution in [2.75, 3.05) is 12.9 Å². The number of alkyl halides is 11. The van der Waals surface area contributed by atoms with Gasteiger partial charge in [-0.25, -0.2) is 9.59 Å². The van der Waals surface area contributed by atoms with Crippen LogP contribution in [0.15, 0.2) is 0 Å². The van der Waals surface area contributed by atoms with Gasteiger partial charge >= 0.3 is 41.3 Å². The van der Waals surface area contributed by atoms with Crippen molar-refractivity contribution in [3.8, 4) is 0 Å². The number of rotatable bonds is 8. The van der Waals surface area contributed by atoms with Crippen LogP contribution in [0, 0.1) is 0 Å². The van der Waals surface area contributed by atoms with Crippen LogP contribution in [0.4, 0.5) is 53.1 Å². The Hall–Kier alpha value is -1.68. The molecule has 0 spiro atoms. The minimum Gasteiger partial charge on any atom is -0.467 e. The van der Waals surface area contributed by atoms with Crippen LogP contribution in [0.25, 0.3) is 0 Å². The number of methoxy groups -OCH3 is 1. The molecule has 0 heterocycles. The Kier molecular flexibility index (Phi) is 8.56. The Bertz CT molecular complexity index is 662. The standard InChI is InChI=1S/C14H16F11NO4S/c1-9(2,3)30-8(28)26-6(7(27)29-4)5-31-14(24,25)12(19,20)10(15,16)11(17,18)13(21,22)23/h6H,5H2,1-4H3,(H,26,28)/t6-/m0/s1. The predicted molar refractivity (Wildman–Crippen MR) is 83.5 cm³/mol. The summed E-state index contributed by atoms with van der Waals surface area (Å²) >= 11 is -1.58. The van der Waals surface area contributed by atoms with Gasteiger partial charge in [-0.3, -0.25) is 0 Å². The number of carbonyl (C=O) groups is 2. The van der Waals surface area contributed by atoms with E-state index in [9.17, 15) is 57.9 Å². The summed E-state index contributed by atoms with van der Waals surface area (Å²) in [6.45, 7) is 3.98. The van der Waals surface area contributed by atoms with Gasteiger partial charge in [0.05, 0.1) is 7.11 Å². The number of alkyl carbamates (subject to hydrolysis) is 1. The molecule has 184 valence electrons. The average molecular weight is 503 g/mol. The summed E-state index contributed by atoms with van der Waals surface area (Å²) in [6, 6.07) is -2.25. The maximum Gasteiger partial charge on any atom is 0.460 e. The average Bonchev–Trinajstić information content (AvgIpc) is 2.54. The third-order valence-corrected chi connectivity index (χ3v) is 4.24. The zero-order valence-corrected chi connectivity index (χ0v) is 16.8. The van der Waals surface area contributed by atoms with Gasteiger partial charge in [0.1, 0.15) is 11.6 Å². The van der Waals surface area contributed by atoms with E-state index in [0.29, 0.717) is 7.11 Å². The van der Waals surface area contributed by atoms with Crippen molar-refractivity contribution >= 4 is 23.8 Å². The third-order valence-electron chi connectivity index (χ3n) is 3.12. The van der Waals surface area contributed by atoms with Crippen molar-refractivity contribution in [2.24, 2.45) is 0 Å². The molecule has 0 saturated heterocycles. The van der Waals surface area contributed by atoms with Gasteiger partial charge in [-0.1, -0.05) is 11.8 Å². The van der Waals surface area contributed by atoms with Crippen LogP contribution < -0.4 is 5.32 Å². The molecular formula is C14H16F11NO4S. The Labute approximate surface area is 172 Å². The highest BCUT2D eigenvalue weighted by molar-refractivity contribution is 8.00. The van der Waals surface area contributed by atoms with Crippen LogP contribution in [0.2, 0.25) is 0 Å². The second kappa shape index (κ2) is 9.05. The number of hydrogen-bond acceptors (Lipinski definition) is 5. The lowest BCUT2D eigenvalue weighted by molar-refractivity contribution is -0.412. The van der Waals surface area contributed by atoms with Crippen LogP contribution in [-0.2, 0) is 14.3 Å². The number of thioether (sulfide) groups is 1. The number of hydrogen-bond donors (Lipinski definition) is 1. The summed E-state index contributed by atoms with van der Waals surface area (Å²) in [6.07, 6.45) is -8.75. The van der Waals surface area contributed by atoms with Gasteiger partial charge < -0.3 is 14.8 Å². The molecule has 0 fully saturated rings. The fourth-order valence-corrected chi connectivity index (χ4v) is 2.50. The summed E-state index contributed by atoms with van der Waals surface area (Å²) in [5, 5.41) is -4.67. The van der Waals surface area contributed by atoms with E-state index >= 15 is 0 Å². The Morgan fingerprint density at radius 3 is 1.65 bits per heavy atom. The molecule has 0 unspecified atom stereocenters. The molecule has 0 aromatic carbocycles. The van der Waals surface area contributed by atoms with Crippen molar-refractivity contribution in [3.05, 3.63) is 0 Å². The summed E-state index contributed by atoms with van der Waals surface area (Å²) < 4.78 is 151. The number of carbonyl (C=O) groups excluding carboxylic acids is 2. The summed E-state index contributed by atoms with van der Waals surface area (Å²) in [4.78, 5) is 23.1. The zero-order chi connectivity index (χ0) is 25.3. The first kappa shape index (κ1) is 29.3. The van der Waals surface area contributed by atoms with Crippen molar-refractivity contribution in [3.63, 3.8) is 0 Å². The van der Waals surface area contributed by atoms with Gasteiger partial charge in [0.15, 0.2) is 0 Å². The highest BCUT2D eigenvalue weighted by Gasteiger charge is 2.87. The van der Waals surface area contributed by atoms with Gasteiger partial charge in [0.25, 0.3) is 0 Å². The molecule has 0 aliphatic carbocycles. The molecule has 5 nitrogen and oxygen atoms in total. The van der Waals surface area contributed by atoms with Crippen LogP contribution in [0.1, 0.15) is 20.8 Å². The van der Waals surface area contributed by atoms with E-state index in [1.54, 1.807) is 5.32 Å². The molecule has 0 aliphatic rings. The lowest BCUT2D eigenvalue weighted by atomic mass is 10.0. The normalized spacial score (nSPS) is 15.3. The maximum atomic E-state index is 13.7. The van der Waals surface area contributed by atoms with Crippen molar-refractivity contribution < 1.29 is 67.4 Å². The summed E-state index contributed by atoms with van der Waals surface area (Å²) in [5.41, 5.74) is -1.19. The summed E-state index contributed by atoms with van der Waals surface area (Å²) in [7, 11) is 0.654. The van der Waals surface area contributed by atoms with Gasteiger partial charge in [-0.2, -0.15) is 48.3 Å². The van der Waals surface area contributed by atoms with Crippen molar-refractivity contribution in [1.82, 2.24) is 5.32 Å². The van der Waals surface area contributed by atoms with E-state index in [1.165, 1.54) is 20.8 Å². The van der Waals surface area contributed by atoms with Gasteiger partial charge in [0, 0.05) is 5.75 Å². The van der Waals surface area contributed by atoms with E-state index in [2.05, 4.69) is 9.47 Å². The SMILES string of the molecule is COC(=O)[C@H](CSC(F)(F)C(F)(F)C(F)(F)C(F)(F)C(F)(F)F)NC(=O)OC(C)(C)C. The highest BCUT2D eigenvalue weighted by atomic mass is 32.2. The van der Waals surface area contributed by atoms with Gasteiger partial charge in [0.2, 0.25) is 0 Å². The highest BCUT2D eigenvalue weighted by Crippen LogP contribution is 2.59. The Balaban J connectivity index is 5.71. The molecule has 0 aliphatic heterocycles. The van der Waals surface area contributed by atoms with E-state index in [-0.39, 0.29) is 0 Å². The minimum absolute atomic E-state index is 0.654. The van der Waals surface area contributed by atoms with Crippen LogP contribution >= 0.6 is 11.8 Å². The number of nitrogens with one attached hydrogen (secondary N) is 1. The van der Waals surface area contributed by atoms with Crippen LogP contribution in [-0.4, -0.2) is 65.8 Å². The monoisotopic (exact) mass is 503 g/mol. The second-order valence-corrected chi connectivity index (χ2v) is 7.91. The first-order chi connectivity index (χ1) is 13.4. The molecule has 1 atom stereocenters. The maximum absolute atomic E-state index is 13.7. The molecule has 0 saturated carbocycles. The molecule has 0 rings (SSSR count). The number of ether oxygens (including phenoxy) is 2. The molecule has 31 heavy (non-hydrogen) atoms. The summed E-state index contributed by atoms with van der Waals surface area (Å²) in [5.74, 6) is -25.6. The number of halogens is 11. The first-order valence-electron chi connectivity index (χ1n) is 7.74. The molecule has 0 bridgehead atoms. The Morgan fingerprint density at radius 1 is 0.839 bits per heavy atom. The second-order valence-electron chi connectivity index (χ2n) is 6.77. The van der Waals surface area contributed by atoms with Crippen molar-refractivity contribution in [1.29, 1.82) is 0 Å². The topological polar surface area (TPSA) is 64.6 Å². The lowest BCUT2D eigenvalue weighted by Crippen LogP contribution is -2.65. The van der Waals surface area contributed by atoms with E-state index in [0.717, 1.165) is 0 Å². The Morgan fingerprint density at radius 2 is 1.29 bits per heavy atom. The van der Waals surface area contributed by atoms with E-state index in [4.69, 9.17) is 0 Å². The fourth-order valence-electron chi connectivity index (χ4n) is 1.60. The van der Waals surface area contributed by atoms with E-state index in [1.807, 2.05) is 0 Å². The predicted octanol–water partition coefficient (Wildman–Crippen LogP) is 4.85. The minimum atomic E-state index is -7.58. The molecule has 1 N–H and O–H groups in total. The van der Waals surface area contributed by atoms with Gasteiger partial charge in [-0.15, -0.1) is 0 Å². The van der Waals surface area contributed by atoms with Gasteiger partial charge in [-0.05, 0) is 20.8 Å². The molecule has 0 radical (unpaired) electrons. The number of amides is 1. The fraction of sp³-hybridized carbons (Fsp3) is 0.857. The number of esters is 1. The quantitative estimate of drug-likeness (QED) is 0.379. The van der Waals surface area contributed by atoms with Crippen molar-refractivity contribution in [2.45, 2.75) is 61.6 Å². The first-order valence-corrected chi connectivity index (χ1v) is 8.72. The van der Waals surface area contributed by atoms with Crippen LogP contribution in [0.3, 0.4) is 0 Å². The molecule has 0 aromatic rings. The molecular weight excluding hydrogens is 487 g/mol. The van der Waals surface area contributed by atoms with E-state index < -0.39 is 70.4 Å². The molecule has 17 heteroatoms. The lowest BCUT2D eigenvalue weighted by Gasteiger charge is -2.37. The van der Waals surface area contributed by atoms with Crippen LogP contribution in [0.5, 0.6) is 0 Å². The molecule has 1 amide bonds. The largest absolute Gasteiger partial charge is 0.467 e. The third kappa shape index (κ3) is 6.41. The molecule has 0 aromatic heterocycles.